The highest BCUT2D eigenvalue weighted by Gasteiger charge is 2.12. The summed E-state index contributed by atoms with van der Waals surface area (Å²) in [6.07, 6.45) is 1.89. The normalized spacial score (nSPS) is 11.7. The molecular weight excluding hydrogens is 232 g/mol. The Morgan fingerprint density at radius 3 is 2.53 bits per heavy atom. The SMILES string of the molecule is CCCc1cccc(C)c1CS(=O)(=O)Cl. The Morgan fingerprint density at radius 1 is 1.33 bits per heavy atom. The van der Waals surface area contributed by atoms with E-state index < -0.39 is 9.05 Å². The minimum Gasteiger partial charge on any atom is -0.212 e. The fourth-order valence-electron chi connectivity index (χ4n) is 1.65. The van der Waals surface area contributed by atoms with Crippen LogP contribution in [-0.2, 0) is 21.2 Å². The van der Waals surface area contributed by atoms with Crippen LogP contribution < -0.4 is 0 Å². The summed E-state index contributed by atoms with van der Waals surface area (Å²) >= 11 is 0. The van der Waals surface area contributed by atoms with Crippen molar-refractivity contribution in [1.82, 2.24) is 0 Å². The molecular formula is C11H15ClO2S. The summed E-state index contributed by atoms with van der Waals surface area (Å²) in [6, 6.07) is 5.83. The van der Waals surface area contributed by atoms with Gasteiger partial charge in [0.25, 0.3) is 0 Å². The maximum absolute atomic E-state index is 11.1. The maximum Gasteiger partial charge on any atom is 0.236 e. The highest BCUT2D eigenvalue weighted by atomic mass is 35.7. The summed E-state index contributed by atoms with van der Waals surface area (Å²) in [5.74, 6) is -0.0729. The molecule has 0 bridgehead atoms. The van der Waals surface area contributed by atoms with E-state index in [0.29, 0.717) is 0 Å². The molecule has 1 aromatic rings. The van der Waals surface area contributed by atoms with Crippen molar-refractivity contribution in [3.63, 3.8) is 0 Å². The van der Waals surface area contributed by atoms with E-state index in [-0.39, 0.29) is 5.75 Å². The lowest BCUT2D eigenvalue weighted by Crippen LogP contribution is -2.02. The quantitative estimate of drug-likeness (QED) is 0.766. The molecule has 0 aliphatic carbocycles. The van der Waals surface area contributed by atoms with Gasteiger partial charge in [0.15, 0.2) is 0 Å². The molecule has 0 saturated heterocycles. The van der Waals surface area contributed by atoms with Gasteiger partial charge in [-0.1, -0.05) is 31.5 Å². The average Bonchev–Trinajstić information content (AvgIpc) is 2.10. The number of rotatable bonds is 4. The van der Waals surface area contributed by atoms with Crippen LogP contribution in [0.2, 0.25) is 0 Å². The van der Waals surface area contributed by atoms with E-state index in [0.717, 1.165) is 29.5 Å². The number of aryl methyl sites for hydroxylation is 2. The van der Waals surface area contributed by atoms with Crippen LogP contribution in [0.25, 0.3) is 0 Å². The highest BCUT2D eigenvalue weighted by molar-refractivity contribution is 8.13. The molecule has 0 unspecified atom stereocenters. The topological polar surface area (TPSA) is 34.1 Å². The van der Waals surface area contributed by atoms with Gasteiger partial charge in [-0.25, -0.2) is 8.42 Å². The van der Waals surface area contributed by atoms with Gasteiger partial charge in [0.1, 0.15) is 0 Å². The summed E-state index contributed by atoms with van der Waals surface area (Å²) in [6.45, 7) is 3.98. The molecule has 0 radical (unpaired) electrons. The van der Waals surface area contributed by atoms with E-state index in [1.54, 1.807) is 0 Å². The van der Waals surface area contributed by atoms with Crippen molar-refractivity contribution in [2.45, 2.75) is 32.4 Å². The molecule has 0 aliphatic heterocycles. The first-order chi connectivity index (χ1) is 6.94. The third-order valence-corrected chi connectivity index (χ3v) is 3.30. The molecule has 2 nitrogen and oxygen atoms in total. The van der Waals surface area contributed by atoms with Crippen molar-refractivity contribution in [3.8, 4) is 0 Å². The minimum absolute atomic E-state index is 0.0729. The third-order valence-electron chi connectivity index (χ3n) is 2.34. The van der Waals surface area contributed by atoms with E-state index in [1.165, 1.54) is 0 Å². The van der Waals surface area contributed by atoms with Gasteiger partial charge < -0.3 is 0 Å². The van der Waals surface area contributed by atoms with Crippen LogP contribution in [0.1, 0.15) is 30.0 Å². The smallest absolute Gasteiger partial charge is 0.212 e. The monoisotopic (exact) mass is 246 g/mol. The van der Waals surface area contributed by atoms with E-state index >= 15 is 0 Å². The van der Waals surface area contributed by atoms with Crippen molar-refractivity contribution in [2.75, 3.05) is 0 Å². The second-order valence-corrected chi connectivity index (χ2v) is 6.42. The van der Waals surface area contributed by atoms with Gasteiger partial charge in [0, 0.05) is 10.7 Å². The molecule has 15 heavy (non-hydrogen) atoms. The Kier molecular flexibility index (Phi) is 4.17. The highest BCUT2D eigenvalue weighted by Crippen LogP contribution is 2.20. The zero-order chi connectivity index (χ0) is 11.5. The van der Waals surface area contributed by atoms with Crippen molar-refractivity contribution in [1.29, 1.82) is 0 Å². The largest absolute Gasteiger partial charge is 0.236 e. The molecule has 1 rings (SSSR count). The van der Waals surface area contributed by atoms with Crippen LogP contribution in [-0.4, -0.2) is 8.42 Å². The van der Waals surface area contributed by atoms with Crippen molar-refractivity contribution >= 4 is 19.7 Å². The Bertz CT molecular complexity index is 438. The molecule has 84 valence electrons. The number of hydrogen-bond donors (Lipinski definition) is 0. The van der Waals surface area contributed by atoms with E-state index in [9.17, 15) is 8.42 Å². The molecule has 0 heterocycles. The van der Waals surface area contributed by atoms with Gasteiger partial charge in [-0.3, -0.25) is 0 Å². The molecule has 0 fully saturated rings. The van der Waals surface area contributed by atoms with Crippen LogP contribution in [0.15, 0.2) is 18.2 Å². The van der Waals surface area contributed by atoms with Crippen LogP contribution in [0.4, 0.5) is 0 Å². The van der Waals surface area contributed by atoms with Crippen molar-refractivity contribution in [2.24, 2.45) is 0 Å². The summed E-state index contributed by atoms with van der Waals surface area (Å²) in [7, 11) is 1.82. The lowest BCUT2D eigenvalue weighted by molar-refractivity contribution is 0.608. The Hall–Kier alpha value is -0.540. The van der Waals surface area contributed by atoms with Crippen molar-refractivity contribution < 1.29 is 8.42 Å². The molecule has 0 amide bonds. The van der Waals surface area contributed by atoms with Gasteiger partial charge in [-0.05, 0) is 30.0 Å². The molecule has 0 N–H and O–H groups in total. The predicted molar refractivity (Wildman–Crippen MR) is 63.7 cm³/mol. The summed E-state index contributed by atoms with van der Waals surface area (Å²) in [5, 5.41) is 0. The lowest BCUT2D eigenvalue weighted by Gasteiger charge is -2.10. The standard InChI is InChI=1S/C11H15ClO2S/c1-3-5-10-7-4-6-9(2)11(10)8-15(12,13)14/h4,6-7H,3,5,8H2,1-2H3. The van der Waals surface area contributed by atoms with Gasteiger partial charge in [0.2, 0.25) is 9.05 Å². The second kappa shape index (κ2) is 4.99. The van der Waals surface area contributed by atoms with Gasteiger partial charge in [-0.15, -0.1) is 0 Å². The van der Waals surface area contributed by atoms with Crippen LogP contribution >= 0.6 is 10.7 Å². The Balaban J connectivity index is 3.13. The van der Waals surface area contributed by atoms with E-state index in [2.05, 4.69) is 6.92 Å². The lowest BCUT2D eigenvalue weighted by atomic mass is 10.00. The fourth-order valence-corrected chi connectivity index (χ4v) is 2.73. The Labute approximate surface area is 95.7 Å². The second-order valence-electron chi connectivity index (χ2n) is 3.65. The average molecular weight is 247 g/mol. The third kappa shape index (κ3) is 3.84. The predicted octanol–water partition coefficient (Wildman–Crippen LogP) is 3.02. The number of benzene rings is 1. The first-order valence-corrected chi connectivity index (χ1v) is 7.41. The summed E-state index contributed by atoms with van der Waals surface area (Å²) in [4.78, 5) is 0. The minimum atomic E-state index is -3.47. The zero-order valence-electron chi connectivity index (χ0n) is 8.96. The number of halogens is 1. The molecule has 1 aromatic carbocycles. The molecule has 0 spiro atoms. The fraction of sp³-hybridized carbons (Fsp3) is 0.455. The van der Waals surface area contributed by atoms with Gasteiger partial charge in [-0.2, -0.15) is 0 Å². The van der Waals surface area contributed by atoms with E-state index in [4.69, 9.17) is 10.7 Å². The van der Waals surface area contributed by atoms with Gasteiger partial charge in [0.05, 0.1) is 5.75 Å². The first-order valence-electron chi connectivity index (χ1n) is 4.93. The van der Waals surface area contributed by atoms with E-state index in [1.807, 2.05) is 25.1 Å². The molecule has 0 saturated carbocycles. The van der Waals surface area contributed by atoms with Crippen LogP contribution in [0.3, 0.4) is 0 Å². The number of hydrogen-bond acceptors (Lipinski definition) is 2. The maximum atomic E-state index is 11.1. The summed E-state index contributed by atoms with van der Waals surface area (Å²) in [5.41, 5.74) is 2.93. The molecule has 0 atom stereocenters. The van der Waals surface area contributed by atoms with Crippen molar-refractivity contribution in [3.05, 3.63) is 34.9 Å². The van der Waals surface area contributed by atoms with Crippen LogP contribution in [0.5, 0.6) is 0 Å². The first kappa shape index (κ1) is 12.5. The molecule has 4 heteroatoms. The molecule has 0 aliphatic rings. The Morgan fingerprint density at radius 2 is 2.00 bits per heavy atom. The molecule has 0 aromatic heterocycles. The zero-order valence-corrected chi connectivity index (χ0v) is 10.5. The van der Waals surface area contributed by atoms with Crippen LogP contribution in [0, 0.1) is 6.92 Å². The van der Waals surface area contributed by atoms with Gasteiger partial charge >= 0.3 is 0 Å². The summed E-state index contributed by atoms with van der Waals surface area (Å²) < 4.78 is 22.1.